The Hall–Kier alpha value is -3.09. The van der Waals surface area contributed by atoms with Gasteiger partial charge in [-0.3, -0.25) is 14.9 Å². The van der Waals surface area contributed by atoms with E-state index in [-0.39, 0.29) is 17.2 Å². The first-order valence-corrected chi connectivity index (χ1v) is 8.44. The van der Waals surface area contributed by atoms with Crippen LogP contribution in [0.3, 0.4) is 0 Å². The quantitative estimate of drug-likeness (QED) is 0.623. The van der Waals surface area contributed by atoms with E-state index >= 15 is 0 Å². The van der Waals surface area contributed by atoms with Gasteiger partial charge in [0.1, 0.15) is 11.3 Å². The molecule has 0 atom stereocenters. The third kappa shape index (κ3) is 3.33. The number of nitrogens with zero attached hydrogens (tertiary/aromatic N) is 3. The molecule has 26 heavy (non-hydrogen) atoms. The lowest BCUT2D eigenvalue weighted by molar-refractivity contribution is -0.385. The highest BCUT2D eigenvalue weighted by molar-refractivity contribution is 5.98. The maximum Gasteiger partial charge on any atom is 0.285 e. The van der Waals surface area contributed by atoms with Crippen molar-refractivity contribution >= 4 is 17.3 Å². The van der Waals surface area contributed by atoms with Gasteiger partial charge < -0.3 is 14.5 Å². The molecular weight excluding hydrogens is 334 g/mol. The summed E-state index contributed by atoms with van der Waals surface area (Å²) in [6.07, 6.45) is 0. The van der Waals surface area contributed by atoms with Crippen LogP contribution in [0.1, 0.15) is 15.9 Å². The van der Waals surface area contributed by atoms with E-state index in [0.29, 0.717) is 31.7 Å². The number of piperazine rings is 1. The lowest BCUT2D eigenvalue weighted by atomic mass is 10.1. The first-order chi connectivity index (χ1) is 12.5. The Morgan fingerprint density at radius 1 is 1.08 bits per heavy atom. The number of nitro groups is 1. The van der Waals surface area contributed by atoms with E-state index in [1.54, 1.807) is 31.1 Å². The standard InChI is InChI=1S/C19H21N3O4/c1-14-6-5-7-15(18(14)22(24)25)19(23)21-12-10-20(11-13-21)16-8-3-4-9-17(16)26-2/h3-9H,10-13H2,1-2H3. The second kappa shape index (κ2) is 7.43. The van der Waals surface area contributed by atoms with E-state index in [0.717, 1.165) is 11.4 Å². The molecule has 1 amide bonds. The number of nitro benzene ring substituents is 1. The molecule has 7 nitrogen and oxygen atoms in total. The van der Waals surface area contributed by atoms with E-state index in [1.165, 1.54) is 6.07 Å². The van der Waals surface area contributed by atoms with Gasteiger partial charge in [-0.25, -0.2) is 0 Å². The summed E-state index contributed by atoms with van der Waals surface area (Å²) in [5.41, 5.74) is 1.53. The molecular formula is C19H21N3O4. The molecule has 7 heteroatoms. The minimum Gasteiger partial charge on any atom is -0.495 e. The zero-order valence-electron chi connectivity index (χ0n) is 14.8. The Morgan fingerprint density at radius 3 is 2.42 bits per heavy atom. The van der Waals surface area contributed by atoms with Gasteiger partial charge in [-0.05, 0) is 25.1 Å². The number of hydrogen-bond donors (Lipinski definition) is 0. The Balaban J connectivity index is 1.76. The number of carbonyl (C=O) groups excluding carboxylic acids is 1. The lowest BCUT2D eigenvalue weighted by Crippen LogP contribution is -2.49. The number of ether oxygens (including phenoxy) is 1. The first kappa shape index (κ1) is 17.7. The van der Waals surface area contributed by atoms with Gasteiger partial charge in [0, 0.05) is 31.7 Å². The Labute approximate surface area is 151 Å². The van der Waals surface area contributed by atoms with Crippen LogP contribution in [0.15, 0.2) is 42.5 Å². The summed E-state index contributed by atoms with van der Waals surface area (Å²) >= 11 is 0. The summed E-state index contributed by atoms with van der Waals surface area (Å²) in [4.78, 5) is 27.5. The van der Waals surface area contributed by atoms with Crippen molar-refractivity contribution in [2.45, 2.75) is 6.92 Å². The molecule has 0 spiro atoms. The van der Waals surface area contributed by atoms with Crippen LogP contribution in [0.25, 0.3) is 0 Å². The van der Waals surface area contributed by atoms with Gasteiger partial charge in [-0.1, -0.05) is 24.3 Å². The third-order valence-corrected chi connectivity index (χ3v) is 4.64. The van der Waals surface area contributed by atoms with E-state index in [1.807, 2.05) is 24.3 Å². The van der Waals surface area contributed by atoms with Crippen LogP contribution in [0, 0.1) is 17.0 Å². The highest BCUT2D eigenvalue weighted by Crippen LogP contribution is 2.29. The minimum absolute atomic E-state index is 0.107. The fraction of sp³-hybridized carbons (Fsp3) is 0.316. The van der Waals surface area contributed by atoms with Crippen molar-refractivity contribution in [3.8, 4) is 5.75 Å². The van der Waals surface area contributed by atoms with Gasteiger partial charge in [-0.2, -0.15) is 0 Å². The van der Waals surface area contributed by atoms with Gasteiger partial charge in [0.15, 0.2) is 0 Å². The van der Waals surface area contributed by atoms with Crippen molar-refractivity contribution in [3.05, 3.63) is 63.7 Å². The number of methoxy groups -OCH3 is 1. The van der Waals surface area contributed by atoms with Gasteiger partial charge in [0.05, 0.1) is 17.7 Å². The maximum atomic E-state index is 12.8. The SMILES string of the molecule is COc1ccccc1N1CCN(C(=O)c2cccc(C)c2[N+](=O)[O-])CC1. The average molecular weight is 355 g/mol. The van der Waals surface area contributed by atoms with Crippen LogP contribution in [0.2, 0.25) is 0 Å². The molecule has 0 aromatic heterocycles. The van der Waals surface area contributed by atoms with Crippen molar-refractivity contribution in [1.82, 2.24) is 4.90 Å². The normalized spacial score (nSPS) is 14.2. The van der Waals surface area contributed by atoms with Crippen LogP contribution in [0.4, 0.5) is 11.4 Å². The van der Waals surface area contributed by atoms with E-state index in [9.17, 15) is 14.9 Å². The summed E-state index contributed by atoms with van der Waals surface area (Å²) in [6.45, 7) is 3.94. The molecule has 1 fully saturated rings. The molecule has 2 aromatic carbocycles. The summed E-state index contributed by atoms with van der Waals surface area (Å²) in [5, 5.41) is 11.4. The molecule has 3 rings (SSSR count). The summed E-state index contributed by atoms with van der Waals surface area (Å²) in [6, 6.07) is 12.6. The molecule has 0 bridgehead atoms. The minimum atomic E-state index is -0.479. The zero-order valence-corrected chi connectivity index (χ0v) is 14.8. The number of benzene rings is 2. The van der Waals surface area contributed by atoms with Crippen molar-refractivity contribution in [1.29, 1.82) is 0 Å². The Morgan fingerprint density at radius 2 is 1.77 bits per heavy atom. The predicted octanol–water partition coefficient (Wildman–Crippen LogP) is 2.87. The van der Waals surface area contributed by atoms with Crippen molar-refractivity contribution < 1.29 is 14.5 Å². The zero-order chi connectivity index (χ0) is 18.7. The number of aryl methyl sites for hydroxylation is 1. The number of rotatable bonds is 4. The van der Waals surface area contributed by atoms with Crippen LogP contribution in [-0.2, 0) is 0 Å². The number of carbonyl (C=O) groups is 1. The fourth-order valence-electron chi connectivity index (χ4n) is 3.29. The molecule has 0 radical (unpaired) electrons. The van der Waals surface area contributed by atoms with Crippen LogP contribution in [0.5, 0.6) is 5.75 Å². The lowest BCUT2D eigenvalue weighted by Gasteiger charge is -2.36. The Bertz CT molecular complexity index is 829. The maximum absolute atomic E-state index is 12.8. The largest absolute Gasteiger partial charge is 0.495 e. The fourth-order valence-corrected chi connectivity index (χ4v) is 3.29. The average Bonchev–Trinajstić information content (AvgIpc) is 2.67. The first-order valence-electron chi connectivity index (χ1n) is 8.44. The monoisotopic (exact) mass is 355 g/mol. The predicted molar refractivity (Wildman–Crippen MR) is 98.9 cm³/mol. The molecule has 0 saturated carbocycles. The number of para-hydroxylation sites is 3. The molecule has 1 heterocycles. The van der Waals surface area contributed by atoms with Crippen LogP contribution in [-0.4, -0.2) is 49.0 Å². The number of amides is 1. The second-order valence-corrected chi connectivity index (χ2v) is 6.18. The summed E-state index contributed by atoms with van der Waals surface area (Å²) in [7, 11) is 1.63. The molecule has 0 N–H and O–H groups in total. The number of hydrogen-bond acceptors (Lipinski definition) is 5. The van der Waals surface area contributed by atoms with Crippen molar-refractivity contribution in [2.75, 3.05) is 38.2 Å². The highest BCUT2D eigenvalue weighted by Gasteiger charge is 2.29. The van der Waals surface area contributed by atoms with Gasteiger partial charge in [0.25, 0.3) is 11.6 Å². The number of anilines is 1. The topological polar surface area (TPSA) is 75.9 Å². The van der Waals surface area contributed by atoms with E-state index in [4.69, 9.17) is 4.74 Å². The summed E-state index contributed by atoms with van der Waals surface area (Å²) < 4.78 is 5.40. The van der Waals surface area contributed by atoms with Crippen molar-refractivity contribution in [2.24, 2.45) is 0 Å². The molecule has 0 unspecified atom stereocenters. The molecule has 1 aliphatic rings. The van der Waals surface area contributed by atoms with Gasteiger partial charge >= 0.3 is 0 Å². The summed E-state index contributed by atoms with van der Waals surface area (Å²) in [5.74, 6) is 0.502. The molecule has 2 aromatic rings. The smallest absolute Gasteiger partial charge is 0.285 e. The van der Waals surface area contributed by atoms with E-state index < -0.39 is 4.92 Å². The van der Waals surface area contributed by atoms with Crippen LogP contribution >= 0.6 is 0 Å². The van der Waals surface area contributed by atoms with Crippen LogP contribution < -0.4 is 9.64 Å². The van der Waals surface area contributed by atoms with Gasteiger partial charge in [0.2, 0.25) is 0 Å². The molecule has 1 aliphatic heterocycles. The second-order valence-electron chi connectivity index (χ2n) is 6.18. The highest BCUT2D eigenvalue weighted by atomic mass is 16.6. The Kier molecular flexibility index (Phi) is 5.06. The van der Waals surface area contributed by atoms with Gasteiger partial charge in [-0.15, -0.1) is 0 Å². The van der Waals surface area contributed by atoms with Crippen molar-refractivity contribution in [3.63, 3.8) is 0 Å². The third-order valence-electron chi connectivity index (χ3n) is 4.64. The molecule has 136 valence electrons. The molecule has 0 aliphatic carbocycles. The molecule has 1 saturated heterocycles. The van der Waals surface area contributed by atoms with E-state index in [2.05, 4.69) is 4.90 Å².